The summed E-state index contributed by atoms with van der Waals surface area (Å²) in [6, 6.07) is 2.93. The van der Waals surface area contributed by atoms with Crippen LogP contribution in [-0.2, 0) is 0 Å². The summed E-state index contributed by atoms with van der Waals surface area (Å²) in [5, 5.41) is 11.0. The lowest BCUT2D eigenvalue weighted by molar-refractivity contribution is -0.387. The van der Waals surface area contributed by atoms with Crippen LogP contribution < -0.4 is 4.74 Å². The molecule has 16 heavy (non-hydrogen) atoms. The highest BCUT2D eigenvalue weighted by molar-refractivity contribution is 7.98. The quantitative estimate of drug-likeness (QED) is 0.470. The van der Waals surface area contributed by atoms with E-state index >= 15 is 0 Å². The molecule has 88 valence electrons. The molecule has 0 aliphatic heterocycles. The maximum absolute atomic E-state index is 10.8. The highest BCUT2D eigenvalue weighted by atomic mass is 35.5. The van der Waals surface area contributed by atoms with Gasteiger partial charge in [0.2, 0.25) is 0 Å². The second-order valence-corrected chi connectivity index (χ2v) is 4.63. The van der Waals surface area contributed by atoms with Crippen LogP contribution in [0.25, 0.3) is 0 Å². The van der Waals surface area contributed by atoms with Gasteiger partial charge in [-0.3, -0.25) is 10.1 Å². The van der Waals surface area contributed by atoms with Gasteiger partial charge in [0.25, 0.3) is 5.69 Å². The summed E-state index contributed by atoms with van der Waals surface area (Å²) in [5.74, 6) is 0.478. The predicted octanol–water partition coefficient (Wildman–Crippen LogP) is 3.76. The third kappa shape index (κ3) is 3.02. The Kier molecular flexibility index (Phi) is 4.44. The Bertz CT molecular complexity index is 409. The third-order valence-electron chi connectivity index (χ3n) is 1.79. The van der Waals surface area contributed by atoms with E-state index in [0.29, 0.717) is 10.6 Å². The highest BCUT2D eigenvalue weighted by Crippen LogP contribution is 2.37. The zero-order chi connectivity index (χ0) is 12.3. The van der Waals surface area contributed by atoms with Gasteiger partial charge in [0.1, 0.15) is 5.75 Å². The van der Waals surface area contributed by atoms with E-state index in [1.807, 2.05) is 13.8 Å². The van der Waals surface area contributed by atoms with Crippen LogP contribution in [0.1, 0.15) is 13.8 Å². The molecular formula is C10H12ClNO3S. The number of thioether (sulfide) groups is 1. The van der Waals surface area contributed by atoms with Gasteiger partial charge >= 0.3 is 0 Å². The molecule has 0 unspecified atom stereocenters. The first-order valence-corrected chi connectivity index (χ1v) is 6.24. The molecule has 0 amide bonds. The molecule has 0 aliphatic rings. The van der Waals surface area contributed by atoms with Crippen molar-refractivity contribution in [1.29, 1.82) is 0 Å². The number of nitro groups is 1. The lowest BCUT2D eigenvalue weighted by atomic mass is 10.3. The highest BCUT2D eigenvalue weighted by Gasteiger charge is 2.18. The van der Waals surface area contributed by atoms with Gasteiger partial charge in [-0.1, -0.05) is 11.6 Å². The first-order valence-electron chi connectivity index (χ1n) is 4.64. The summed E-state index contributed by atoms with van der Waals surface area (Å²) in [5.41, 5.74) is 0.00797. The second-order valence-electron chi connectivity index (χ2n) is 3.38. The molecule has 0 bridgehead atoms. The lowest BCUT2D eigenvalue weighted by Crippen LogP contribution is -2.06. The SMILES string of the molecule is CSc1cc(OC(C)C)c(Cl)cc1[N+](=O)[O-]. The summed E-state index contributed by atoms with van der Waals surface area (Å²) in [4.78, 5) is 10.9. The van der Waals surface area contributed by atoms with Gasteiger partial charge in [-0.15, -0.1) is 11.8 Å². The maximum atomic E-state index is 10.8. The molecule has 6 heteroatoms. The number of halogens is 1. The van der Waals surface area contributed by atoms with Gasteiger partial charge in [0.15, 0.2) is 0 Å². The molecule has 0 spiro atoms. The van der Waals surface area contributed by atoms with Crippen molar-refractivity contribution >= 4 is 29.1 Å². The fourth-order valence-corrected chi connectivity index (χ4v) is 1.94. The molecule has 0 aliphatic carbocycles. The first kappa shape index (κ1) is 13.1. The molecule has 0 atom stereocenters. The van der Waals surface area contributed by atoms with E-state index in [9.17, 15) is 10.1 Å². The van der Waals surface area contributed by atoms with Crippen LogP contribution in [0.3, 0.4) is 0 Å². The molecule has 0 saturated carbocycles. The molecule has 0 saturated heterocycles. The Balaban J connectivity index is 3.20. The van der Waals surface area contributed by atoms with Gasteiger partial charge in [-0.05, 0) is 20.1 Å². The molecule has 4 nitrogen and oxygen atoms in total. The van der Waals surface area contributed by atoms with Crippen molar-refractivity contribution in [2.45, 2.75) is 24.8 Å². The Morgan fingerprint density at radius 1 is 1.50 bits per heavy atom. The smallest absolute Gasteiger partial charge is 0.284 e. The van der Waals surface area contributed by atoms with Crippen molar-refractivity contribution < 1.29 is 9.66 Å². The summed E-state index contributed by atoms with van der Waals surface area (Å²) < 4.78 is 5.45. The molecule has 0 radical (unpaired) electrons. The summed E-state index contributed by atoms with van der Waals surface area (Å²) in [6.45, 7) is 3.74. The summed E-state index contributed by atoms with van der Waals surface area (Å²) in [7, 11) is 0. The molecule has 0 N–H and O–H groups in total. The van der Waals surface area contributed by atoms with Crippen molar-refractivity contribution in [2.75, 3.05) is 6.26 Å². The van der Waals surface area contributed by atoms with Crippen LogP contribution in [0, 0.1) is 10.1 Å². The molecule has 0 aromatic heterocycles. The van der Waals surface area contributed by atoms with Crippen LogP contribution >= 0.6 is 23.4 Å². The molecule has 1 rings (SSSR count). The van der Waals surface area contributed by atoms with Crippen LogP contribution in [0.4, 0.5) is 5.69 Å². The Labute approximate surface area is 103 Å². The van der Waals surface area contributed by atoms with Crippen molar-refractivity contribution in [3.63, 3.8) is 0 Å². The van der Waals surface area contributed by atoms with Crippen molar-refractivity contribution in [1.82, 2.24) is 0 Å². The standard InChI is InChI=1S/C10H12ClNO3S/c1-6(2)15-9-5-10(16-3)8(12(13)14)4-7(9)11/h4-6H,1-3H3. The van der Waals surface area contributed by atoms with Gasteiger partial charge in [0, 0.05) is 12.1 Å². The van der Waals surface area contributed by atoms with Crippen LogP contribution in [0.15, 0.2) is 17.0 Å². The number of ether oxygens (including phenoxy) is 1. The second kappa shape index (κ2) is 5.41. The number of benzene rings is 1. The fraction of sp³-hybridized carbons (Fsp3) is 0.400. The first-order chi connectivity index (χ1) is 7.45. The number of hydrogen-bond acceptors (Lipinski definition) is 4. The summed E-state index contributed by atoms with van der Waals surface area (Å²) >= 11 is 7.20. The number of rotatable bonds is 4. The zero-order valence-electron chi connectivity index (χ0n) is 9.19. The summed E-state index contributed by atoms with van der Waals surface area (Å²) in [6.07, 6.45) is 1.75. The minimum Gasteiger partial charge on any atom is -0.489 e. The Morgan fingerprint density at radius 2 is 2.12 bits per heavy atom. The Morgan fingerprint density at radius 3 is 2.56 bits per heavy atom. The minimum atomic E-state index is -0.448. The van der Waals surface area contributed by atoms with Gasteiger partial charge in [-0.25, -0.2) is 0 Å². The molecule has 1 aromatic carbocycles. The monoisotopic (exact) mass is 261 g/mol. The average molecular weight is 262 g/mol. The van der Waals surface area contributed by atoms with E-state index in [0.717, 1.165) is 0 Å². The Hall–Kier alpha value is -0.940. The van der Waals surface area contributed by atoms with E-state index < -0.39 is 4.92 Å². The molecule has 1 aromatic rings. The lowest BCUT2D eigenvalue weighted by Gasteiger charge is -2.12. The van der Waals surface area contributed by atoms with E-state index in [4.69, 9.17) is 16.3 Å². The van der Waals surface area contributed by atoms with E-state index in [-0.39, 0.29) is 16.8 Å². The molecule has 0 fully saturated rings. The van der Waals surface area contributed by atoms with Gasteiger partial charge in [-0.2, -0.15) is 0 Å². The van der Waals surface area contributed by atoms with Crippen LogP contribution in [0.2, 0.25) is 5.02 Å². The van der Waals surface area contributed by atoms with Crippen LogP contribution in [-0.4, -0.2) is 17.3 Å². The van der Waals surface area contributed by atoms with Crippen molar-refractivity contribution in [2.24, 2.45) is 0 Å². The third-order valence-corrected chi connectivity index (χ3v) is 2.85. The predicted molar refractivity (Wildman–Crippen MR) is 65.7 cm³/mol. The number of nitrogens with zero attached hydrogens (tertiary/aromatic N) is 1. The minimum absolute atomic E-state index is 0.00797. The molecular weight excluding hydrogens is 250 g/mol. The normalized spacial score (nSPS) is 10.6. The van der Waals surface area contributed by atoms with Crippen molar-refractivity contribution in [3.05, 3.63) is 27.3 Å². The van der Waals surface area contributed by atoms with Gasteiger partial charge < -0.3 is 4.74 Å². The van der Waals surface area contributed by atoms with E-state index in [2.05, 4.69) is 0 Å². The average Bonchev–Trinajstić information content (AvgIpc) is 2.19. The number of nitro benzene ring substituents is 1. The van der Waals surface area contributed by atoms with Crippen LogP contribution in [0.5, 0.6) is 5.75 Å². The zero-order valence-corrected chi connectivity index (χ0v) is 10.8. The van der Waals surface area contributed by atoms with E-state index in [1.54, 1.807) is 12.3 Å². The number of hydrogen-bond donors (Lipinski definition) is 0. The van der Waals surface area contributed by atoms with Crippen molar-refractivity contribution in [3.8, 4) is 5.75 Å². The fourth-order valence-electron chi connectivity index (χ4n) is 1.17. The topological polar surface area (TPSA) is 52.4 Å². The maximum Gasteiger partial charge on any atom is 0.284 e. The largest absolute Gasteiger partial charge is 0.489 e. The van der Waals surface area contributed by atoms with Gasteiger partial charge in [0.05, 0.1) is 20.9 Å². The van der Waals surface area contributed by atoms with E-state index in [1.165, 1.54) is 17.8 Å². The molecule has 0 heterocycles.